The molecule has 0 aliphatic carbocycles. The van der Waals surface area contributed by atoms with E-state index < -0.39 is 0 Å². The molecular weight excluding hydrogens is 188 g/mol. The molecule has 0 aromatic carbocycles. The predicted octanol–water partition coefficient (Wildman–Crippen LogP) is 1.21. The van der Waals surface area contributed by atoms with Crippen molar-refractivity contribution in [2.45, 2.75) is 32.4 Å². The summed E-state index contributed by atoms with van der Waals surface area (Å²) in [5, 5.41) is 13.0. The molecule has 0 amide bonds. The molecule has 0 atom stereocenters. The maximum absolute atomic E-state index is 8.67. The Morgan fingerprint density at radius 1 is 1.60 bits per heavy atom. The first-order valence-corrected chi connectivity index (χ1v) is 5.35. The molecule has 1 fully saturated rings. The van der Waals surface area contributed by atoms with Crippen molar-refractivity contribution in [1.82, 2.24) is 14.7 Å². The van der Waals surface area contributed by atoms with Crippen molar-refractivity contribution < 1.29 is 0 Å². The number of nitrogens with zero attached hydrogens (tertiary/aromatic N) is 4. The number of hydrogen-bond donors (Lipinski definition) is 0. The molecule has 0 spiro atoms. The number of likely N-dealkylation sites (tertiary alicyclic amines) is 1. The zero-order chi connectivity index (χ0) is 10.8. The van der Waals surface area contributed by atoms with Crippen LogP contribution in [-0.4, -0.2) is 33.8 Å². The van der Waals surface area contributed by atoms with E-state index in [4.69, 9.17) is 5.26 Å². The van der Waals surface area contributed by atoms with Crippen LogP contribution >= 0.6 is 0 Å². The van der Waals surface area contributed by atoms with Gasteiger partial charge in [0.05, 0.1) is 24.2 Å². The van der Waals surface area contributed by atoms with Crippen molar-refractivity contribution in [1.29, 1.82) is 5.26 Å². The number of nitriles is 1. The van der Waals surface area contributed by atoms with E-state index in [2.05, 4.69) is 29.9 Å². The van der Waals surface area contributed by atoms with Gasteiger partial charge in [-0.1, -0.05) is 0 Å². The van der Waals surface area contributed by atoms with Crippen LogP contribution in [0.5, 0.6) is 0 Å². The van der Waals surface area contributed by atoms with Gasteiger partial charge in [-0.05, 0) is 19.9 Å². The fraction of sp³-hybridized carbons (Fsp3) is 0.636. The van der Waals surface area contributed by atoms with Gasteiger partial charge in [0, 0.05) is 25.3 Å². The second kappa shape index (κ2) is 4.03. The highest BCUT2D eigenvalue weighted by Gasteiger charge is 2.31. The highest BCUT2D eigenvalue weighted by molar-refractivity contribution is 5.09. The zero-order valence-corrected chi connectivity index (χ0v) is 9.22. The van der Waals surface area contributed by atoms with Crippen molar-refractivity contribution in [3.8, 4) is 6.07 Å². The minimum absolute atomic E-state index is 0.457. The molecule has 1 saturated heterocycles. The monoisotopic (exact) mass is 204 g/mol. The lowest BCUT2D eigenvalue weighted by atomic mass is 10.1. The fourth-order valence-electron chi connectivity index (χ4n) is 1.96. The Morgan fingerprint density at radius 2 is 2.33 bits per heavy atom. The third-order valence-corrected chi connectivity index (χ3v) is 2.98. The van der Waals surface area contributed by atoms with Gasteiger partial charge in [-0.2, -0.15) is 10.4 Å². The number of rotatable bonds is 3. The zero-order valence-electron chi connectivity index (χ0n) is 9.22. The molecule has 0 bridgehead atoms. The van der Waals surface area contributed by atoms with E-state index in [1.807, 2.05) is 10.7 Å². The Kier molecular flexibility index (Phi) is 2.74. The molecule has 80 valence electrons. The highest BCUT2D eigenvalue weighted by Crippen LogP contribution is 2.23. The SMILES string of the molecule is CC(C)N1CC(n2nccc2CC#N)C1. The molecule has 2 heterocycles. The molecule has 1 aromatic rings. The number of hydrogen-bond acceptors (Lipinski definition) is 3. The third kappa shape index (κ3) is 1.88. The first-order chi connectivity index (χ1) is 7.22. The summed E-state index contributed by atoms with van der Waals surface area (Å²) in [6.45, 7) is 6.51. The van der Waals surface area contributed by atoms with Crippen molar-refractivity contribution in [2.24, 2.45) is 0 Å². The van der Waals surface area contributed by atoms with E-state index in [0.29, 0.717) is 18.5 Å². The lowest BCUT2D eigenvalue weighted by Crippen LogP contribution is -2.51. The normalized spacial score (nSPS) is 17.7. The van der Waals surface area contributed by atoms with E-state index in [9.17, 15) is 0 Å². The Balaban J connectivity index is 2.01. The van der Waals surface area contributed by atoms with Gasteiger partial charge in [0.25, 0.3) is 0 Å². The summed E-state index contributed by atoms with van der Waals surface area (Å²) in [6.07, 6.45) is 2.24. The summed E-state index contributed by atoms with van der Waals surface area (Å²) >= 11 is 0. The van der Waals surface area contributed by atoms with Crippen LogP contribution in [0, 0.1) is 11.3 Å². The van der Waals surface area contributed by atoms with Crippen LogP contribution in [0.2, 0.25) is 0 Å². The standard InChI is InChI=1S/C11H16N4/c1-9(2)14-7-11(8-14)15-10(3-5-12)4-6-13-15/h4,6,9,11H,3,7-8H2,1-2H3. The summed E-state index contributed by atoms with van der Waals surface area (Å²) in [5.74, 6) is 0. The van der Waals surface area contributed by atoms with Crippen LogP contribution in [0.15, 0.2) is 12.3 Å². The quantitative estimate of drug-likeness (QED) is 0.743. The van der Waals surface area contributed by atoms with Gasteiger partial charge in [-0.25, -0.2) is 0 Å². The van der Waals surface area contributed by atoms with Crippen LogP contribution in [0.4, 0.5) is 0 Å². The van der Waals surface area contributed by atoms with Gasteiger partial charge >= 0.3 is 0 Å². The molecule has 0 radical (unpaired) electrons. The third-order valence-electron chi connectivity index (χ3n) is 2.98. The van der Waals surface area contributed by atoms with Crippen LogP contribution < -0.4 is 0 Å². The fourth-order valence-corrected chi connectivity index (χ4v) is 1.96. The first-order valence-electron chi connectivity index (χ1n) is 5.35. The van der Waals surface area contributed by atoms with Crippen molar-refractivity contribution in [3.05, 3.63) is 18.0 Å². The minimum atomic E-state index is 0.457. The van der Waals surface area contributed by atoms with Crippen LogP contribution in [0.3, 0.4) is 0 Å². The minimum Gasteiger partial charge on any atom is -0.297 e. The molecule has 0 N–H and O–H groups in total. The first kappa shape index (κ1) is 10.2. The molecule has 0 saturated carbocycles. The molecule has 0 unspecified atom stereocenters. The summed E-state index contributed by atoms with van der Waals surface area (Å²) in [6, 6.07) is 5.18. The smallest absolute Gasteiger partial charge is 0.0776 e. The molecule has 2 rings (SSSR count). The highest BCUT2D eigenvalue weighted by atomic mass is 15.4. The molecule has 1 aliphatic rings. The van der Waals surface area contributed by atoms with E-state index in [1.165, 1.54) is 0 Å². The van der Waals surface area contributed by atoms with Gasteiger partial charge in [-0.3, -0.25) is 9.58 Å². The summed E-state index contributed by atoms with van der Waals surface area (Å²) < 4.78 is 2.00. The average Bonchev–Trinajstić information content (AvgIpc) is 2.50. The summed E-state index contributed by atoms with van der Waals surface area (Å²) in [5.41, 5.74) is 1.03. The lowest BCUT2D eigenvalue weighted by Gasteiger charge is -2.42. The molecule has 1 aliphatic heterocycles. The Hall–Kier alpha value is -1.34. The van der Waals surface area contributed by atoms with Crippen LogP contribution in [0.25, 0.3) is 0 Å². The molecule has 1 aromatic heterocycles. The van der Waals surface area contributed by atoms with Gasteiger partial charge in [-0.15, -0.1) is 0 Å². The average molecular weight is 204 g/mol. The van der Waals surface area contributed by atoms with E-state index in [0.717, 1.165) is 18.8 Å². The molecule has 15 heavy (non-hydrogen) atoms. The molecule has 4 nitrogen and oxygen atoms in total. The lowest BCUT2D eigenvalue weighted by molar-refractivity contribution is 0.0661. The van der Waals surface area contributed by atoms with Gasteiger partial charge < -0.3 is 0 Å². The largest absolute Gasteiger partial charge is 0.297 e. The van der Waals surface area contributed by atoms with Crippen molar-refractivity contribution in [3.63, 3.8) is 0 Å². The van der Waals surface area contributed by atoms with Gasteiger partial charge in [0.1, 0.15) is 0 Å². The second-order valence-electron chi connectivity index (χ2n) is 4.30. The maximum atomic E-state index is 8.67. The summed E-state index contributed by atoms with van der Waals surface area (Å²) in [7, 11) is 0. The topological polar surface area (TPSA) is 44.9 Å². The maximum Gasteiger partial charge on any atom is 0.0776 e. The van der Waals surface area contributed by atoms with E-state index in [1.54, 1.807) is 6.20 Å². The Bertz CT molecular complexity index is 368. The van der Waals surface area contributed by atoms with Crippen LogP contribution in [-0.2, 0) is 6.42 Å². The molecule has 4 heteroatoms. The van der Waals surface area contributed by atoms with Gasteiger partial charge in [0.2, 0.25) is 0 Å². The van der Waals surface area contributed by atoms with Crippen molar-refractivity contribution >= 4 is 0 Å². The summed E-state index contributed by atoms with van der Waals surface area (Å²) in [4.78, 5) is 2.41. The Morgan fingerprint density at radius 3 is 2.93 bits per heavy atom. The van der Waals surface area contributed by atoms with Crippen molar-refractivity contribution in [2.75, 3.05) is 13.1 Å². The van der Waals surface area contributed by atoms with E-state index >= 15 is 0 Å². The van der Waals surface area contributed by atoms with Crippen LogP contribution in [0.1, 0.15) is 25.6 Å². The second-order valence-corrected chi connectivity index (χ2v) is 4.30. The van der Waals surface area contributed by atoms with Gasteiger partial charge in [0.15, 0.2) is 0 Å². The predicted molar refractivity (Wildman–Crippen MR) is 57.3 cm³/mol. The molecular formula is C11H16N4. The van der Waals surface area contributed by atoms with E-state index in [-0.39, 0.29) is 0 Å². The Labute approximate surface area is 90.1 Å². The number of aromatic nitrogens is 2.